The number of nitrogens with zero attached hydrogens (tertiary/aromatic N) is 1. The summed E-state index contributed by atoms with van der Waals surface area (Å²) in [4.78, 5) is 12.6. The molecule has 0 spiro atoms. The van der Waals surface area contributed by atoms with Gasteiger partial charge in [-0.05, 0) is 25.1 Å². The molecule has 0 atom stereocenters. The highest BCUT2D eigenvalue weighted by Gasteiger charge is 2.14. The van der Waals surface area contributed by atoms with Gasteiger partial charge in [0.25, 0.3) is 0 Å². The second-order valence-electron chi connectivity index (χ2n) is 4.32. The molecule has 0 saturated heterocycles. The van der Waals surface area contributed by atoms with Gasteiger partial charge in [-0.2, -0.15) is 0 Å². The summed E-state index contributed by atoms with van der Waals surface area (Å²) < 4.78 is 1.85. The van der Waals surface area contributed by atoms with Gasteiger partial charge in [0.05, 0.1) is 11.4 Å². The molecule has 18 heavy (non-hydrogen) atoms. The molecule has 2 N–H and O–H groups in total. The maximum Gasteiger partial charge on any atom is 0.176 e. The fourth-order valence-electron chi connectivity index (χ4n) is 1.79. The van der Waals surface area contributed by atoms with Gasteiger partial charge >= 0.3 is 0 Å². The van der Waals surface area contributed by atoms with Crippen molar-refractivity contribution in [3.05, 3.63) is 41.6 Å². The molecular weight excluding hydrogens is 244 g/mol. The molecule has 0 bridgehead atoms. The monoisotopic (exact) mass is 260 g/mol. The zero-order valence-corrected chi connectivity index (χ0v) is 11.5. The van der Waals surface area contributed by atoms with Gasteiger partial charge in [-0.25, -0.2) is 0 Å². The Morgan fingerprint density at radius 2 is 1.89 bits per heavy atom. The highest BCUT2D eigenvalue weighted by Crippen LogP contribution is 2.34. The number of nitrogens with two attached hydrogens (primary N) is 1. The Balaban J connectivity index is 2.34. The van der Waals surface area contributed by atoms with Crippen LogP contribution in [-0.2, 0) is 7.05 Å². The number of benzene rings is 1. The number of nitrogen functional groups attached to an aromatic ring is 1. The minimum atomic E-state index is 0.0277. The van der Waals surface area contributed by atoms with Gasteiger partial charge in [0.15, 0.2) is 5.78 Å². The predicted molar refractivity (Wildman–Crippen MR) is 75.1 cm³/mol. The third kappa shape index (κ3) is 2.43. The van der Waals surface area contributed by atoms with Crippen LogP contribution in [0.3, 0.4) is 0 Å². The number of Topliss-reactive ketones (excluding diaryl/α,β-unsaturated/α-hetero) is 1. The van der Waals surface area contributed by atoms with E-state index in [2.05, 4.69) is 31.2 Å². The lowest BCUT2D eigenvalue weighted by molar-refractivity contribution is 0.100. The zero-order chi connectivity index (χ0) is 13.3. The SMILES string of the molecule is CC(=O)c1cc(N)c(Sc2ccc(C)cc2)n1C. The lowest BCUT2D eigenvalue weighted by Gasteiger charge is -2.06. The fraction of sp³-hybridized carbons (Fsp3) is 0.214. The number of aryl methyl sites for hydroxylation is 1. The Kier molecular flexibility index (Phi) is 3.48. The first-order chi connectivity index (χ1) is 8.49. The molecular formula is C14H16N2OS. The van der Waals surface area contributed by atoms with E-state index >= 15 is 0 Å². The van der Waals surface area contributed by atoms with Gasteiger partial charge in [-0.15, -0.1) is 0 Å². The quantitative estimate of drug-likeness (QED) is 0.862. The molecule has 0 fully saturated rings. The molecule has 0 amide bonds. The summed E-state index contributed by atoms with van der Waals surface area (Å²) in [6.07, 6.45) is 0. The molecule has 2 aromatic rings. The third-order valence-corrected chi connectivity index (χ3v) is 4.01. The summed E-state index contributed by atoms with van der Waals surface area (Å²) in [6.45, 7) is 3.61. The van der Waals surface area contributed by atoms with Gasteiger partial charge in [-0.3, -0.25) is 4.79 Å². The Hall–Kier alpha value is -1.68. The maximum absolute atomic E-state index is 11.4. The number of carbonyl (C=O) groups excluding carboxylic acids is 1. The van der Waals surface area contributed by atoms with E-state index in [1.165, 1.54) is 5.56 Å². The highest BCUT2D eigenvalue weighted by atomic mass is 32.2. The van der Waals surface area contributed by atoms with Crippen LogP contribution in [-0.4, -0.2) is 10.4 Å². The van der Waals surface area contributed by atoms with Crippen LogP contribution in [0, 0.1) is 6.92 Å². The number of aromatic nitrogens is 1. The van der Waals surface area contributed by atoms with Crippen molar-refractivity contribution >= 4 is 23.2 Å². The van der Waals surface area contributed by atoms with Gasteiger partial charge < -0.3 is 10.3 Å². The topological polar surface area (TPSA) is 48.0 Å². The van der Waals surface area contributed by atoms with E-state index in [0.29, 0.717) is 11.4 Å². The summed E-state index contributed by atoms with van der Waals surface area (Å²) in [7, 11) is 1.86. The Morgan fingerprint density at radius 3 is 2.39 bits per heavy atom. The predicted octanol–water partition coefficient (Wildman–Crippen LogP) is 3.27. The number of hydrogen-bond donors (Lipinski definition) is 1. The molecule has 0 aliphatic rings. The minimum absolute atomic E-state index is 0.0277. The zero-order valence-electron chi connectivity index (χ0n) is 10.7. The first kappa shape index (κ1) is 12.8. The van der Waals surface area contributed by atoms with Crippen LogP contribution in [0.1, 0.15) is 23.0 Å². The van der Waals surface area contributed by atoms with E-state index in [0.717, 1.165) is 9.92 Å². The molecule has 94 valence electrons. The van der Waals surface area contributed by atoms with E-state index in [4.69, 9.17) is 5.73 Å². The maximum atomic E-state index is 11.4. The molecule has 1 aromatic heterocycles. The summed E-state index contributed by atoms with van der Waals surface area (Å²) in [5, 5.41) is 0.907. The van der Waals surface area contributed by atoms with Crippen LogP contribution in [0.5, 0.6) is 0 Å². The molecule has 1 aromatic carbocycles. The van der Waals surface area contributed by atoms with Crippen molar-refractivity contribution in [2.24, 2.45) is 7.05 Å². The van der Waals surface area contributed by atoms with Crippen molar-refractivity contribution in [2.75, 3.05) is 5.73 Å². The first-order valence-corrected chi connectivity index (χ1v) is 6.51. The number of rotatable bonds is 3. The Labute approximate surface area is 111 Å². The first-order valence-electron chi connectivity index (χ1n) is 5.69. The number of carbonyl (C=O) groups is 1. The van der Waals surface area contributed by atoms with E-state index in [1.807, 2.05) is 11.6 Å². The van der Waals surface area contributed by atoms with E-state index in [1.54, 1.807) is 24.8 Å². The second-order valence-corrected chi connectivity index (χ2v) is 5.38. The van der Waals surface area contributed by atoms with Crippen LogP contribution in [0.4, 0.5) is 5.69 Å². The standard InChI is InChI=1S/C14H16N2OS/c1-9-4-6-11(7-5-9)18-14-12(15)8-13(10(2)17)16(14)3/h4-8H,15H2,1-3H3. The average molecular weight is 260 g/mol. The molecule has 1 heterocycles. The largest absolute Gasteiger partial charge is 0.397 e. The lowest BCUT2D eigenvalue weighted by atomic mass is 10.2. The van der Waals surface area contributed by atoms with Crippen LogP contribution in [0.15, 0.2) is 40.3 Å². The van der Waals surface area contributed by atoms with Crippen molar-refractivity contribution in [1.82, 2.24) is 4.57 Å². The van der Waals surface area contributed by atoms with Crippen LogP contribution in [0.25, 0.3) is 0 Å². The Bertz CT molecular complexity index is 585. The van der Waals surface area contributed by atoms with E-state index in [-0.39, 0.29) is 5.78 Å². The number of ketones is 1. The van der Waals surface area contributed by atoms with E-state index < -0.39 is 0 Å². The van der Waals surface area contributed by atoms with Gasteiger partial charge in [0, 0.05) is 18.9 Å². The molecule has 3 nitrogen and oxygen atoms in total. The van der Waals surface area contributed by atoms with Gasteiger partial charge in [0.1, 0.15) is 5.03 Å². The third-order valence-electron chi connectivity index (χ3n) is 2.80. The van der Waals surface area contributed by atoms with Crippen molar-refractivity contribution in [3.8, 4) is 0 Å². The fourth-order valence-corrected chi connectivity index (χ4v) is 2.70. The van der Waals surface area contributed by atoms with Gasteiger partial charge in [-0.1, -0.05) is 29.5 Å². The average Bonchev–Trinajstić information content (AvgIpc) is 2.60. The summed E-state index contributed by atoms with van der Waals surface area (Å²) >= 11 is 1.57. The summed E-state index contributed by atoms with van der Waals surface area (Å²) in [5.74, 6) is 0.0277. The molecule has 0 radical (unpaired) electrons. The molecule has 0 aliphatic heterocycles. The van der Waals surface area contributed by atoms with Crippen molar-refractivity contribution in [1.29, 1.82) is 0 Å². The normalized spacial score (nSPS) is 10.6. The smallest absolute Gasteiger partial charge is 0.176 e. The minimum Gasteiger partial charge on any atom is -0.397 e. The van der Waals surface area contributed by atoms with Crippen molar-refractivity contribution in [3.63, 3.8) is 0 Å². The van der Waals surface area contributed by atoms with Crippen LogP contribution >= 0.6 is 11.8 Å². The molecule has 0 saturated carbocycles. The van der Waals surface area contributed by atoms with Crippen molar-refractivity contribution < 1.29 is 4.79 Å². The van der Waals surface area contributed by atoms with E-state index in [9.17, 15) is 4.79 Å². The highest BCUT2D eigenvalue weighted by molar-refractivity contribution is 7.99. The molecule has 0 unspecified atom stereocenters. The second kappa shape index (κ2) is 4.90. The summed E-state index contributed by atoms with van der Waals surface area (Å²) in [6, 6.07) is 9.97. The Morgan fingerprint density at radius 1 is 1.28 bits per heavy atom. The lowest BCUT2D eigenvalue weighted by Crippen LogP contribution is -2.02. The van der Waals surface area contributed by atoms with Crippen LogP contribution < -0.4 is 5.73 Å². The van der Waals surface area contributed by atoms with Gasteiger partial charge in [0.2, 0.25) is 0 Å². The van der Waals surface area contributed by atoms with Crippen molar-refractivity contribution in [2.45, 2.75) is 23.8 Å². The summed E-state index contributed by atoms with van der Waals surface area (Å²) in [5.41, 5.74) is 8.48. The number of hydrogen-bond acceptors (Lipinski definition) is 3. The molecule has 4 heteroatoms. The van der Waals surface area contributed by atoms with Crippen LogP contribution in [0.2, 0.25) is 0 Å². The molecule has 0 aliphatic carbocycles. The number of anilines is 1. The molecule has 2 rings (SSSR count).